The number of carbonyl (C=O) groups is 4. The van der Waals surface area contributed by atoms with Crippen LogP contribution in [-0.2, 0) is 20.9 Å². The SMILES string of the molecule is CC(=O)c1nn(CC(=O)N2CCC[C@H]2C(=O)N2CCC[C@H]2C(=O)Nc2cccc(Br)n2)c2ccc(-c3cnc(C)nc3)cc12. The summed E-state index contributed by atoms with van der Waals surface area (Å²) in [6, 6.07) is 9.49. The molecular weight excluding hydrogens is 628 g/mol. The summed E-state index contributed by atoms with van der Waals surface area (Å²) in [4.78, 5) is 69.1. The van der Waals surface area contributed by atoms with Gasteiger partial charge in [0.05, 0.1) is 5.52 Å². The predicted molar refractivity (Wildman–Crippen MR) is 166 cm³/mol. The maximum absolute atomic E-state index is 13.8. The molecule has 0 unspecified atom stereocenters. The monoisotopic (exact) mass is 658 g/mol. The largest absolute Gasteiger partial charge is 0.329 e. The molecule has 1 N–H and O–H groups in total. The topological polar surface area (TPSA) is 143 Å². The molecule has 13 heteroatoms. The summed E-state index contributed by atoms with van der Waals surface area (Å²) in [6.45, 7) is 4.00. The van der Waals surface area contributed by atoms with Crippen molar-refractivity contribution >= 4 is 56.2 Å². The number of nitrogens with zero attached hydrogens (tertiary/aromatic N) is 7. The van der Waals surface area contributed by atoms with Gasteiger partial charge in [-0.2, -0.15) is 5.10 Å². The Hall–Kier alpha value is -4.52. The van der Waals surface area contributed by atoms with Gasteiger partial charge in [0.2, 0.25) is 17.7 Å². The molecule has 6 rings (SSSR count). The fourth-order valence-electron chi connectivity index (χ4n) is 6.00. The first-order valence-electron chi connectivity index (χ1n) is 14.5. The molecule has 12 nitrogen and oxygen atoms in total. The molecule has 2 fully saturated rings. The second-order valence-corrected chi connectivity index (χ2v) is 11.9. The van der Waals surface area contributed by atoms with Gasteiger partial charge < -0.3 is 15.1 Å². The first-order valence-corrected chi connectivity index (χ1v) is 15.3. The fraction of sp³-hybridized carbons (Fsp3) is 0.355. The highest BCUT2D eigenvalue weighted by Crippen LogP contribution is 2.29. The zero-order valence-electron chi connectivity index (χ0n) is 24.4. The van der Waals surface area contributed by atoms with Crippen molar-refractivity contribution in [2.75, 3.05) is 18.4 Å². The number of aromatic nitrogens is 5. The average Bonchev–Trinajstić information content (AvgIpc) is 3.76. The van der Waals surface area contributed by atoms with Crippen molar-refractivity contribution in [3.8, 4) is 11.1 Å². The number of aryl methyl sites for hydroxylation is 1. The lowest BCUT2D eigenvalue weighted by Gasteiger charge is -2.31. The van der Waals surface area contributed by atoms with Crippen LogP contribution in [0.1, 0.15) is 48.9 Å². The minimum Gasteiger partial charge on any atom is -0.329 e. The third kappa shape index (κ3) is 5.83. The molecule has 2 aliphatic rings. The number of halogens is 1. The molecule has 0 aliphatic carbocycles. The molecule has 2 saturated heterocycles. The number of anilines is 1. The van der Waals surface area contributed by atoms with Gasteiger partial charge in [-0.1, -0.05) is 12.1 Å². The zero-order valence-corrected chi connectivity index (χ0v) is 26.0. The van der Waals surface area contributed by atoms with E-state index in [1.54, 1.807) is 40.4 Å². The standard InChI is InChI=1S/C31H31BrN8O4/c1-18(41)29-22-14-20(21-15-33-19(2)34-16-21)10-11-23(22)40(37-29)17-28(42)38-12-5-7-25(38)31(44)39-13-4-6-24(39)30(43)36-27-9-3-8-26(32)35-27/h3,8-11,14-16,24-25H,4-7,12-13,17H2,1-2H3,(H,35,36,43)/t24-,25-/m0/s1. The van der Waals surface area contributed by atoms with E-state index in [1.807, 2.05) is 25.1 Å². The van der Waals surface area contributed by atoms with Crippen LogP contribution in [0.3, 0.4) is 0 Å². The molecule has 4 aromatic rings. The molecule has 0 saturated carbocycles. The fourth-order valence-corrected chi connectivity index (χ4v) is 6.35. The summed E-state index contributed by atoms with van der Waals surface area (Å²) in [6.07, 6.45) is 5.87. The van der Waals surface area contributed by atoms with Gasteiger partial charge in [-0.15, -0.1) is 0 Å². The molecule has 226 valence electrons. The molecule has 3 amide bonds. The van der Waals surface area contributed by atoms with Gasteiger partial charge in [0, 0.05) is 43.4 Å². The molecule has 3 aromatic heterocycles. The minimum absolute atomic E-state index is 0.126. The molecule has 0 bridgehead atoms. The molecule has 0 radical (unpaired) electrons. The molecule has 44 heavy (non-hydrogen) atoms. The molecule has 1 aromatic carbocycles. The number of benzene rings is 1. The Kier molecular flexibility index (Phi) is 8.21. The van der Waals surface area contributed by atoms with E-state index in [4.69, 9.17) is 0 Å². The van der Waals surface area contributed by atoms with Crippen molar-refractivity contribution in [2.24, 2.45) is 0 Å². The number of ketones is 1. The average molecular weight is 660 g/mol. The first kappa shape index (κ1) is 29.5. The second kappa shape index (κ2) is 12.2. The summed E-state index contributed by atoms with van der Waals surface area (Å²) in [5, 5.41) is 7.95. The van der Waals surface area contributed by atoms with Crippen LogP contribution in [0.5, 0.6) is 0 Å². The van der Waals surface area contributed by atoms with E-state index in [0.29, 0.717) is 65.9 Å². The number of hydrogen-bond acceptors (Lipinski definition) is 8. The Balaban J connectivity index is 1.20. The number of rotatable bonds is 7. The van der Waals surface area contributed by atoms with E-state index in [0.717, 1.165) is 11.1 Å². The van der Waals surface area contributed by atoms with Gasteiger partial charge in [-0.3, -0.25) is 23.9 Å². The normalized spacial score (nSPS) is 18.2. The Labute approximate surface area is 262 Å². The lowest BCUT2D eigenvalue weighted by molar-refractivity contribution is -0.146. The number of likely N-dealkylation sites (tertiary alicyclic amines) is 2. The minimum atomic E-state index is -0.665. The molecule has 2 aliphatic heterocycles. The summed E-state index contributed by atoms with van der Waals surface area (Å²) in [5.74, 6) is 0.0471. The van der Waals surface area contributed by atoms with Crippen LogP contribution in [0.4, 0.5) is 5.82 Å². The van der Waals surface area contributed by atoms with Crippen LogP contribution in [-0.4, -0.2) is 83.2 Å². The number of fused-ring (bicyclic) bond motifs is 1. The number of carbonyl (C=O) groups excluding carboxylic acids is 4. The highest BCUT2D eigenvalue weighted by Gasteiger charge is 2.42. The van der Waals surface area contributed by atoms with Crippen LogP contribution >= 0.6 is 15.9 Å². The first-order chi connectivity index (χ1) is 21.2. The van der Waals surface area contributed by atoms with Gasteiger partial charge in [0.15, 0.2) is 5.78 Å². The van der Waals surface area contributed by atoms with Gasteiger partial charge in [-0.05, 0) is 78.4 Å². The van der Waals surface area contributed by atoms with E-state index in [1.165, 1.54) is 11.6 Å². The van der Waals surface area contributed by atoms with E-state index in [9.17, 15) is 19.2 Å². The molecule has 5 heterocycles. The van der Waals surface area contributed by atoms with E-state index >= 15 is 0 Å². The van der Waals surface area contributed by atoms with E-state index < -0.39 is 12.1 Å². The van der Waals surface area contributed by atoms with E-state index in [-0.39, 0.29) is 35.7 Å². The van der Waals surface area contributed by atoms with Crippen molar-refractivity contribution < 1.29 is 19.2 Å². The zero-order chi connectivity index (χ0) is 31.0. The van der Waals surface area contributed by atoms with Crippen molar-refractivity contribution in [1.29, 1.82) is 0 Å². The van der Waals surface area contributed by atoms with Crippen molar-refractivity contribution in [3.05, 3.63) is 64.9 Å². The van der Waals surface area contributed by atoms with Crippen LogP contribution < -0.4 is 5.32 Å². The third-order valence-corrected chi connectivity index (χ3v) is 8.59. The van der Waals surface area contributed by atoms with Crippen LogP contribution in [0.15, 0.2) is 53.4 Å². The number of Topliss-reactive ketones (excluding diaryl/α,β-unsaturated/α-hetero) is 1. The van der Waals surface area contributed by atoms with Crippen molar-refractivity contribution in [2.45, 2.75) is 58.2 Å². The summed E-state index contributed by atoms with van der Waals surface area (Å²) in [5.41, 5.74) is 2.54. The number of pyridine rings is 1. The van der Waals surface area contributed by atoms with Crippen molar-refractivity contribution in [3.63, 3.8) is 0 Å². The Morgan fingerprint density at radius 1 is 0.955 bits per heavy atom. The number of hydrogen-bond donors (Lipinski definition) is 1. The lowest BCUT2D eigenvalue weighted by Crippen LogP contribution is -2.52. The van der Waals surface area contributed by atoms with Crippen LogP contribution in [0, 0.1) is 6.92 Å². The van der Waals surface area contributed by atoms with E-state index in [2.05, 4.69) is 41.3 Å². The summed E-state index contributed by atoms with van der Waals surface area (Å²) >= 11 is 3.30. The quantitative estimate of drug-likeness (QED) is 0.233. The number of amides is 3. The smallest absolute Gasteiger partial charge is 0.248 e. The maximum atomic E-state index is 13.8. The van der Waals surface area contributed by atoms with Crippen LogP contribution in [0.2, 0.25) is 0 Å². The Bertz CT molecular complexity index is 1770. The molecule has 0 spiro atoms. The second-order valence-electron chi connectivity index (χ2n) is 11.1. The summed E-state index contributed by atoms with van der Waals surface area (Å²) < 4.78 is 2.12. The number of nitrogens with one attached hydrogen (secondary N) is 1. The lowest BCUT2D eigenvalue weighted by atomic mass is 10.0. The van der Waals surface area contributed by atoms with Gasteiger partial charge in [0.1, 0.15) is 40.6 Å². The van der Waals surface area contributed by atoms with Gasteiger partial charge in [0.25, 0.3) is 0 Å². The Morgan fingerprint density at radius 3 is 2.41 bits per heavy atom. The third-order valence-electron chi connectivity index (χ3n) is 8.15. The maximum Gasteiger partial charge on any atom is 0.248 e. The highest BCUT2D eigenvalue weighted by atomic mass is 79.9. The van der Waals surface area contributed by atoms with Crippen LogP contribution in [0.25, 0.3) is 22.0 Å². The summed E-state index contributed by atoms with van der Waals surface area (Å²) in [7, 11) is 0. The molecule has 2 atom stereocenters. The van der Waals surface area contributed by atoms with Crippen molar-refractivity contribution in [1.82, 2.24) is 34.5 Å². The highest BCUT2D eigenvalue weighted by molar-refractivity contribution is 9.10. The Morgan fingerprint density at radius 2 is 1.68 bits per heavy atom. The predicted octanol–water partition coefficient (Wildman–Crippen LogP) is 3.78. The molecular formula is C31H31BrN8O4. The van der Waals surface area contributed by atoms with Gasteiger partial charge in [-0.25, -0.2) is 15.0 Å². The van der Waals surface area contributed by atoms with Gasteiger partial charge >= 0.3 is 0 Å².